The minimum atomic E-state index is -0.115. The van der Waals surface area contributed by atoms with Crippen molar-refractivity contribution in [3.63, 3.8) is 0 Å². The number of rotatable bonds is 7. The summed E-state index contributed by atoms with van der Waals surface area (Å²) in [5.74, 6) is 1.65. The standard InChI is InChI=1S/C22H24N4O3S/c1-2-29-19-10-6-5-9-18(19)23-20(27)15-30-22-17-8-4-3-7-16(17)21(24-25-22)26-11-13-28-14-12-26/h3-10H,2,11-15H2,1H3,(H,23,27). The Labute approximate surface area is 179 Å². The zero-order valence-electron chi connectivity index (χ0n) is 16.8. The highest BCUT2D eigenvalue weighted by atomic mass is 32.2. The number of fused-ring (bicyclic) bond motifs is 1. The van der Waals surface area contributed by atoms with Crippen LogP contribution >= 0.6 is 11.8 Å². The van der Waals surface area contributed by atoms with Gasteiger partial charge in [-0.1, -0.05) is 48.2 Å². The van der Waals surface area contributed by atoms with Gasteiger partial charge in [0.15, 0.2) is 5.82 Å². The molecule has 0 unspecified atom stereocenters. The van der Waals surface area contributed by atoms with Crippen molar-refractivity contribution in [2.75, 3.05) is 48.9 Å². The number of carbonyl (C=O) groups is 1. The number of nitrogens with zero attached hydrogens (tertiary/aromatic N) is 3. The molecule has 4 rings (SSSR count). The van der Waals surface area contributed by atoms with E-state index in [0.29, 0.717) is 31.3 Å². The number of morpholine rings is 1. The molecule has 3 aromatic rings. The first-order chi connectivity index (χ1) is 14.8. The molecule has 8 heteroatoms. The summed E-state index contributed by atoms with van der Waals surface area (Å²) in [6, 6.07) is 15.5. The van der Waals surface area contributed by atoms with Gasteiger partial charge < -0.3 is 19.7 Å². The zero-order chi connectivity index (χ0) is 20.8. The summed E-state index contributed by atoms with van der Waals surface area (Å²) in [6.07, 6.45) is 0. The lowest BCUT2D eigenvalue weighted by molar-refractivity contribution is -0.113. The van der Waals surface area contributed by atoms with Gasteiger partial charge in [-0.25, -0.2) is 0 Å². The fraction of sp³-hybridized carbons (Fsp3) is 0.318. The van der Waals surface area contributed by atoms with Crippen LogP contribution < -0.4 is 15.0 Å². The van der Waals surface area contributed by atoms with Crippen LogP contribution in [0.3, 0.4) is 0 Å². The van der Waals surface area contributed by atoms with E-state index in [-0.39, 0.29) is 11.7 Å². The first-order valence-corrected chi connectivity index (χ1v) is 11.0. The zero-order valence-corrected chi connectivity index (χ0v) is 17.7. The Morgan fingerprint density at radius 3 is 2.63 bits per heavy atom. The number of nitrogens with one attached hydrogen (secondary N) is 1. The molecule has 1 N–H and O–H groups in total. The Balaban J connectivity index is 1.49. The van der Waals surface area contributed by atoms with E-state index >= 15 is 0 Å². The number of thioether (sulfide) groups is 1. The number of benzene rings is 2. The van der Waals surface area contributed by atoms with Gasteiger partial charge in [0, 0.05) is 23.9 Å². The molecule has 1 aliphatic heterocycles. The maximum atomic E-state index is 12.5. The molecule has 0 saturated carbocycles. The molecule has 2 aromatic carbocycles. The second-order valence-corrected chi connectivity index (χ2v) is 7.70. The fourth-order valence-corrected chi connectivity index (χ4v) is 4.12. The first-order valence-electron chi connectivity index (χ1n) is 9.99. The first kappa shape index (κ1) is 20.4. The van der Waals surface area contributed by atoms with Gasteiger partial charge in [-0.15, -0.1) is 10.2 Å². The van der Waals surface area contributed by atoms with Gasteiger partial charge in [-0.05, 0) is 19.1 Å². The summed E-state index contributed by atoms with van der Waals surface area (Å²) in [5.41, 5.74) is 0.670. The number of aromatic nitrogens is 2. The number of hydrogen-bond donors (Lipinski definition) is 1. The fourth-order valence-electron chi connectivity index (χ4n) is 3.35. The SMILES string of the molecule is CCOc1ccccc1NC(=O)CSc1nnc(N2CCOCC2)c2ccccc12. The molecule has 30 heavy (non-hydrogen) atoms. The molecule has 0 spiro atoms. The summed E-state index contributed by atoms with van der Waals surface area (Å²) in [7, 11) is 0. The topological polar surface area (TPSA) is 76.6 Å². The Bertz CT molecular complexity index is 1020. The van der Waals surface area contributed by atoms with Crippen molar-refractivity contribution >= 4 is 39.9 Å². The Hall–Kier alpha value is -2.84. The van der Waals surface area contributed by atoms with E-state index in [0.717, 1.165) is 34.7 Å². The van der Waals surface area contributed by atoms with E-state index in [2.05, 4.69) is 26.5 Å². The van der Waals surface area contributed by atoms with Crippen LogP contribution in [0.2, 0.25) is 0 Å². The number of carbonyl (C=O) groups excluding carboxylic acids is 1. The number of hydrogen-bond acceptors (Lipinski definition) is 7. The van der Waals surface area contributed by atoms with Crippen molar-refractivity contribution < 1.29 is 14.3 Å². The van der Waals surface area contributed by atoms with Crippen molar-refractivity contribution in [1.29, 1.82) is 0 Å². The summed E-state index contributed by atoms with van der Waals surface area (Å²) in [6.45, 7) is 5.43. The smallest absolute Gasteiger partial charge is 0.234 e. The van der Waals surface area contributed by atoms with Crippen LogP contribution in [-0.2, 0) is 9.53 Å². The largest absolute Gasteiger partial charge is 0.492 e. The lowest BCUT2D eigenvalue weighted by Gasteiger charge is -2.28. The monoisotopic (exact) mass is 424 g/mol. The molecular weight excluding hydrogens is 400 g/mol. The van der Waals surface area contributed by atoms with E-state index < -0.39 is 0 Å². The quantitative estimate of drug-likeness (QED) is 0.581. The molecule has 7 nitrogen and oxygen atoms in total. The third-order valence-corrected chi connectivity index (χ3v) is 5.73. The molecule has 1 saturated heterocycles. The van der Waals surface area contributed by atoms with E-state index in [1.165, 1.54) is 11.8 Å². The van der Waals surface area contributed by atoms with Gasteiger partial charge in [0.2, 0.25) is 5.91 Å². The van der Waals surface area contributed by atoms with Crippen LogP contribution in [0, 0.1) is 0 Å². The minimum absolute atomic E-state index is 0.115. The predicted molar refractivity (Wildman–Crippen MR) is 120 cm³/mol. The maximum absolute atomic E-state index is 12.5. The second kappa shape index (κ2) is 9.77. The van der Waals surface area contributed by atoms with Crippen LogP contribution in [-0.4, -0.2) is 54.8 Å². The average Bonchev–Trinajstić information content (AvgIpc) is 2.79. The van der Waals surface area contributed by atoms with Crippen molar-refractivity contribution in [2.45, 2.75) is 11.9 Å². The highest BCUT2D eigenvalue weighted by Gasteiger charge is 2.18. The van der Waals surface area contributed by atoms with Gasteiger partial charge in [-0.2, -0.15) is 0 Å². The van der Waals surface area contributed by atoms with Crippen molar-refractivity contribution in [1.82, 2.24) is 10.2 Å². The van der Waals surface area contributed by atoms with E-state index in [1.54, 1.807) is 0 Å². The highest BCUT2D eigenvalue weighted by molar-refractivity contribution is 8.00. The highest BCUT2D eigenvalue weighted by Crippen LogP contribution is 2.31. The summed E-state index contributed by atoms with van der Waals surface area (Å²) in [4.78, 5) is 14.7. The van der Waals surface area contributed by atoms with Gasteiger partial charge >= 0.3 is 0 Å². The number of amides is 1. The molecular formula is C22H24N4O3S. The van der Waals surface area contributed by atoms with Crippen LogP contribution in [0.1, 0.15) is 6.92 Å². The molecule has 1 fully saturated rings. The van der Waals surface area contributed by atoms with Gasteiger partial charge in [0.25, 0.3) is 0 Å². The lowest BCUT2D eigenvalue weighted by Crippen LogP contribution is -2.37. The van der Waals surface area contributed by atoms with Gasteiger partial charge in [0.1, 0.15) is 10.8 Å². The third-order valence-electron chi connectivity index (χ3n) is 4.75. The molecule has 0 aliphatic carbocycles. The Morgan fingerprint density at radius 1 is 1.10 bits per heavy atom. The average molecular weight is 425 g/mol. The third kappa shape index (κ3) is 4.66. The van der Waals surface area contributed by atoms with Crippen molar-refractivity contribution in [3.8, 4) is 5.75 Å². The van der Waals surface area contributed by atoms with Crippen LogP contribution in [0.15, 0.2) is 53.6 Å². The molecule has 1 aromatic heterocycles. The molecule has 2 heterocycles. The van der Waals surface area contributed by atoms with Crippen LogP contribution in [0.25, 0.3) is 10.8 Å². The van der Waals surface area contributed by atoms with Crippen molar-refractivity contribution in [2.24, 2.45) is 0 Å². The van der Waals surface area contributed by atoms with E-state index in [4.69, 9.17) is 9.47 Å². The lowest BCUT2D eigenvalue weighted by atomic mass is 10.2. The summed E-state index contributed by atoms with van der Waals surface area (Å²) in [5, 5.41) is 14.6. The molecule has 0 atom stereocenters. The van der Waals surface area contributed by atoms with Crippen LogP contribution in [0.4, 0.5) is 11.5 Å². The number of ether oxygens (including phenoxy) is 2. The molecule has 0 bridgehead atoms. The van der Waals surface area contributed by atoms with Crippen molar-refractivity contribution in [3.05, 3.63) is 48.5 Å². The van der Waals surface area contributed by atoms with E-state index in [9.17, 15) is 4.79 Å². The number of anilines is 2. The molecule has 0 radical (unpaired) electrons. The number of para-hydroxylation sites is 2. The van der Waals surface area contributed by atoms with Gasteiger partial charge in [-0.3, -0.25) is 4.79 Å². The maximum Gasteiger partial charge on any atom is 0.234 e. The Morgan fingerprint density at radius 2 is 1.83 bits per heavy atom. The minimum Gasteiger partial charge on any atom is -0.492 e. The summed E-state index contributed by atoms with van der Waals surface area (Å²) < 4.78 is 11.0. The second-order valence-electron chi connectivity index (χ2n) is 6.74. The normalized spacial score (nSPS) is 14.0. The molecule has 1 amide bonds. The van der Waals surface area contributed by atoms with Crippen LogP contribution in [0.5, 0.6) is 5.75 Å². The Kier molecular flexibility index (Phi) is 6.66. The van der Waals surface area contributed by atoms with Gasteiger partial charge in [0.05, 0.1) is 31.3 Å². The molecule has 1 aliphatic rings. The van der Waals surface area contributed by atoms with E-state index in [1.807, 2.05) is 49.4 Å². The molecule has 156 valence electrons. The summed E-state index contributed by atoms with van der Waals surface area (Å²) >= 11 is 1.38. The predicted octanol–water partition coefficient (Wildman–Crippen LogP) is 3.60.